The van der Waals surface area contributed by atoms with Crippen molar-refractivity contribution in [2.75, 3.05) is 13.6 Å². The van der Waals surface area contributed by atoms with Gasteiger partial charge in [-0.1, -0.05) is 27.7 Å². The molecule has 0 fully saturated rings. The van der Waals surface area contributed by atoms with Crippen LogP contribution in [0.2, 0.25) is 0 Å². The van der Waals surface area contributed by atoms with Crippen LogP contribution >= 0.6 is 11.3 Å². The van der Waals surface area contributed by atoms with Crippen molar-refractivity contribution in [3.63, 3.8) is 0 Å². The normalized spacial score (nSPS) is 12.8. The van der Waals surface area contributed by atoms with Crippen LogP contribution in [0.3, 0.4) is 0 Å². The summed E-state index contributed by atoms with van der Waals surface area (Å²) in [6.07, 6.45) is 0.876. The van der Waals surface area contributed by atoms with Crippen LogP contribution in [0.15, 0.2) is 11.0 Å². The lowest BCUT2D eigenvalue weighted by Gasteiger charge is -2.18. The number of hydrogen-bond donors (Lipinski definition) is 1. The monoisotopic (exact) mass is 332 g/mol. The molecule has 0 bridgehead atoms. The van der Waals surface area contributed by atoms with E-state index in [2.05, 4.69) is 33.0 Å². The predicted octanol–water partition coefficient (Wildman–Crippen LogP) is 3.22. The molecule has 1 aromatic rings. The Morgan fingerprint density at radius 3 is 2.43 bits per heavy atom. The zero-order chi connectivity index (χ0) is 16.2. The molecular formula is C15H28N2O2S2. The summed E-state index contributed by atoms with van der Waals surface area (Å²) < 4.78 is 26.7. The van der Waals surface area contributed by atoms with Crippen LogP contribution < -0.4 is 5.32 Å². The molecule has 1 heterocycles. The number of sulfonamides is 1. The topological polar surface area (TPSA) is 49.4 Å². The summed E-state index contributed by atoms with van der Waals surface area (Å²) in [5.41, 5.74) is 0. The number of thiophene rings is 1. The second-order valence-corrected chi connectivity index (χ2v) is 9.53. The molecule has 0 spiro atoms. The van der Waals surface area contributed by atoms with Gasteiger partial charge < -0.3 is 5.32 Å². The summed E-state index contributed by atoms with van der Waals surface area (Å²) in [4.78, 5) is 2.39. The highest BCUT2D eigenvalue weighted by atomic mass is 32.2. The first-order valence-corrected chi connectivity index (χ1v) is 9.69. The highest BCUT2D eigenvalue weighted by Crippen LogP contribution is 2.28. The SMILES string of the molecule is Cc1sc(CNC(C)C)cc1S(=O)(=O)N(C)CCC(C)C. The molecule has 1 rings (SSSR count). The third kappa shape index (κ3) is 5.36. The highest BCUT2D eigenvalue weighted by Gasteiger charge is 2.24. The zero-order valence-corrected chi connectivity index (χ0v) is 15.6. The van der Waals surface area contributed by atoms with Gasteiger partial charge in [-0.05, 0) is 25.3 Å². The second kappa shape index (κ2) is 7.72. The van der Waals surface area contributed by atoms with Crippen LogP contribution in [0.25, 0.3) is 0 Å². The summed E-state index contributed by atoms with van der Waals surface area (Å²) in [6, 6.07) is 2.21. The predicted molar refractivity (Wildman–Crippen MR) is 90.3 cm³/mol. The van der Waals surface area contributed by atoms with E-state index in [1.807, 2.05) is 13.0 Å². The molecule has 0 atom stereocenters. The van der Waals surface area contributed by atoms with Crippen molar-refractivity contribution in [3.05, 3.63) is 15.8 Å². The quantitative estimate of drug-likeness (QED) is 0.795. The van der Waals surface area contributed by atoms with E-state index in [1.54, 1.807) is 18.4 Å². The molecule has 0 aliphatic carbocycles. The van der Waals surface area contributed by atoms with Crippen LogP contribution in [0.5, 0.6) is 0 Å². The molecular weight excluding hydrogens is 304 g/mol. The molecule has 0 aromatic carbocycles. The Hall–Kier alpha value is -0.430. The van der Waals surface area contributed by atoms with Crippen molar-refractivity contribution in [1.82, 2.24) is 9.62 Å². The fourth-order valence-electron chi connectivity index (χ4n) is 1.90. The summed E-state index contributed by atoms with van der Waals surface area (Å²) in [6.45, 7) is 11.5. The van der Waals surface area contributed by atoms with Gasteiger partial charge in [-0.15, -0.1) is 11.3 Å². The van der Waals surface area contributed by atoms with Gasteiger partial charge in [0.25, 0.3) is 0 Å². The fourth-order valence-corrected chi connectivity index (χ4v) is 4.64. The molecule has 0 saturated carbocycles. The number of hydrogen-bond acceptors (Lipinski definition) is 4. The minimum Gasteiger partial charge on any atom is -0.310 e. The molecule has 0 saturated heterocycles. The van der Waals surface area contributed by atoms with Crippen molar-refractivity contribution >= 4 is 21.4 Å². The minimum atomic E-state index is -3.37. The summed E-state index contributed by atoms with van der Waals surface area (Å²) in [5, 5.41) is 3.33. The van der Waals surface area contributed by atoms with E-state index in [-0.39, 0.29) is 0 Å². The molecule has 1 N–H and O–H groups in total. The van der Waals surface area contributed by atoms with Gasteiger partial charge in [0.1, 0.15) is 0 Å². The van der Waals surface area contributed by atoms with Crippen LogP contribution in [-0.2, 0) is 16.6 Å². The largest absolute Gasteiger partial charge is 0.310 e. The molecule has 0 aliphatic heterocycles. The number of nitrogens with zero attached hydrogens (tertiary/aromatic N) is 1. The Morgan fingerprint density at radius 2 is 1.90 bits per heavy atom. The van der Waals surface area contributed by atoms with Gasteiger partial charge in [-0.3, -0.25) is 0 Å². The van der Waals surface area contributed by atoms with E-state index in [1.165, 1.54) is 4.31 Å². The summed E-state index contributed by atoms with van der Waals surface area (Å²) in [5.74, 6) is 0.497. The number of aryl methyl sites for hydroxylation is 1. The average molecular weight is 333 g/mol. The van der Waals surface area contributed by atoms with Crippen LogP contribution in [0.1, 0.15) is 43.9 Å². The third-order valence-electron chi connectivity index (χ3n) is 3.32. The van der Waals surface area contributed by atoms with Gasteiger partial charge in [0.2, 0.25) is 10.0 Å². The lowest BCUT2D eigenvalue weighted by atomic mass is 10.1. The first kappa shape index (κ1) is 18.6. The Kier molecular flexibility index (Phi) is 6.84. The van der Waals surface area contributed by atoms with Crippen molar-refractivity contribution in [1.29, 1.82) is 0 Å². The van der Waals surface area contributed by atoms with Gasteiger partial charge in [0, 0.05) is 35.9 Å². The van der Waals surface area contributed by atoms with Gasteiger partial charge in [0.05, 0.1) is 4.90 Å². The maximum absolute atomic E-state index is 12.6. The molecule has 4 nitrogen and oxygen atoms in total. The molecule has 0 unspecified atom stereocenters. The molecule has 0 amide bonds. The number of rotatable bonds is 8. The van der Waals surface area contributed by atoms with E-state index >= 15 is 0 Å². The fraction of sp³-hybridized carbons (Fsp3) is 0.733. The Balaban J connectivity index is 2.87. The molecule has 21 heavy (non-hydrogen) atoms. The van der Waals surface area contributed by atoms with E-state index in [4.69, 9.17) is 0 Å². The van der Waals surface area contributed by atoms with Crippen LogP contribution in [0.4, 0.5) is 0 Å². The van der Waals surface area contributed by atoms with Crippen molar-refractivity contribution in [2.45, 2.75) is 58.5 Å². The number of nitrogens with one attached hydrogen (secondary N) is 1. The standard InChI is InChI=1S/C15H28N2O2S2/c1-11(2)7-8-17(6)21(18,19)15-9-14(20-13(15)5)10-16-12(3)4/h9,11-12,16H,7-8,10H2,1-6H3. The van der Waals surface area contributed by atoms with Gasteiger partial charge in [0.15, 0.2) is 0 Å². The molecule has 0 aliphatic rings. The molecule has 0 radical (unpaired) electrons. The smallest absolute Gasteiger partial charge is 0.243 e. The van der Waals surface area contributed by atoms with E-state index in [0.717, 1.165) is 16.2 Å². The molecule has 6 heteroatoms. The van der Waals surface area contributed by atoms with Crippen LogP contribution in [-0.4, -0.2) is 32.4 Å². The van der Waals surface area contributed by atoms with E-state index in [9.17, 15) is 8.42 Å². The minimum absolute atomic E-state index is 0.390. The van der Waals surface area contributed by atoms with Crippen LogP contribution in [0, 0.1) is 12.8 Å². The van der Waals surface area contributed by atoms with Crippen molar-refractivity contribution in [2.24, 2.45) is 5.92 Å². The van der Waals surface area contributed by atoms with E-state index in [0.29, 0.717) is 29.9 Å². The Labute approximate surface area is 133 Å². The second-order valence-electron chi connectivity index (χ2n) is 6.18. The van der Waals surface area contributed by atoms with Gasteiger partial charge in [-0.2, -0.15) is 0 Å². The molecule has 122 valence electrons. The summed E-state index contributed by atoms with van der Waals surface area (Å²) >= 11 is 1.56. The van der Waals surface area contributed by atoms with Gasteiger partial charge in [-0.25, -0.2) is 12.7 Å². The van der Waals surface area contributed by atoms with E-state index < -0.39 is 10.0 Å². The molecule has 1 aromatic heterocycles. The Morgan fingerprint density at radius 1 is 1.29 bits per heavy atom. The lowest BCUT2D eigenvalue weighted by molar-refractivity contribution is 0.428. The zero-order valence-electron chi connectivity index (χ0n) is 13.9. The van der Waals surface area contributed by atoms with Crippen molar-refractivity contribution in [3.8, 4) is 0 Å². The first-order valence-electron chi connectivity index (χ1n) is 7.43. The third-order valence-corrected chi connectivity index (χ3v) is 6.48. The summed E-state index contributed by atoms with van der Waals surface area (Å²) in [7, 11) is -1.70. The van der Waals surface area contributed by atoms with Gasteiger partial charge >= 0.3 is 0 Å². The highest BCUT2D eigenvalue weighted by molar-refractivity contribution is 7.89. The first-order chi connectivity index (χ1) is 9.64. The lowest BCUT2D eigenvalue weighted by Crippen LogP contribution is -2.28. The Bertz CT molecular complexity index is 548. The maximum atomic E-state index is 12.6. The van der Waals surface area contributed by atoms with Crippen molar-refractivity contribution < 1.29 is 8.42 Å². The average Bonchev–Trinajstić information content (AvgIpc) is 2.75. The maximum Gasteiger partial charge on any atom is 0.243 e.